The second-order valence-electron chi connectivity index (χ2n) is 7.66. The van der Waals surface area contributed by atoms with Crippen LogP contribution in [0.3, 0.4) is 0 Å². The summed E-state index contributed by atoms with van der Waals surface area (Å²) in [6.07, 6.45) is 4.61. The number of benzene rings is 1. The minimum atomic E-state index is -0.224. The number of thiophene rings is 1. The molecule has 2 heterocycles. The van der Waals surface area contributed by atoms with E-state index in [-0.39, 0.29) is 18.6 Å². The largest absolute Gasteiger partial charge is 0.493 e. The Balaban J connectivity index is 1.61. The summed E-state index contributed by atoms with van der Waals surface area (Å²) in [5.74, 6) is 2.01. The van der Waals surface area contributed by atoms with Crippen molar-refractivity contribution in [2.45, 2.75) is 45.3 Å². The van der Waals surface area contributed by atoms with E-state index in [2.05, 4.69) is 15.3 Å². The Morgan fingerprint density at radius 3 is 2.59 bits per heavy atom. The Kier molecular flexibility index (Phi) is 6.76. The third kappa shape index (κ3) is 4.49. The van der Waals surface area contributed by atoms with Crippen molar-refractivity contribution in [1.29, 1.82) is 0 Å². The van der Waals surface area contributed by atoms with E-state index in [0.29, 0.717) is 38.6 Å². The smallest absolute Gasteiger partial charge is 0.266 e. The summed E-state index contributed by atoms with van der Waals surface area (Å²) in [7, 11) is 4.75. The van der Waals surface area contributed by atoms with Crippen molar-refractivity contribution < 1.29 is 23.7 Å². The molecule has 4 rings (SSSR count). The number of rotatable bonds is 8. The van der Waals surface area contributed by atoms with E-state index >= 15 is 0 Å². The predicted molar refractivity (Wildman–Crippen MR) is 123 cm³/mol. The highest BCUT2D eigenvalue weighted by Gasteiger charge is 2.22. The lowest BCUT2D eigenvalue weighted by Gasteiger charge is -2.17. The molecule has 2 aromatic heterocycles. The van der Waals surface area contributed by atoms with E-state index in [1.165, 1.54) is 24.2 Å². The van der Waals surface area contributed by atoms with Crippen molar-refractivity contribution in [3.8, 4) is 17.4 Å². The van der Waals surface area contributed by atoms with Crippen LogP contribution in [0.2, 0.25) is 0 Å². The first kappa shape index (κ1) is 22.3. The van der Waals surface area contributed by atoms with Gasteiger partial charge in [-0.25, -0.2) is 4.98 Å². The minimum absolute atomic E-state index is 0.187. The third-order valence-electron chi connectivity index (χ3n) is 5.49. The first-order valence-electron chi connectivity index (χ1n) is 10.5. The molecule has 9 heteroatoms. The maximum atomic E-state index is 13.1. The Morgan fingerprint density at radius 2 is 1.91 bits per heavy atom. The number of aromatic nitrogens is 2. The Hall–Kier alpha value is -2.91. The van der Waals surface area contributed by atoms with Gasteiger partial charge in [0.05, 0.1) is 30.6 Å². The summed E-state index contributed by atoms with van der Waals surface area (Å²) in [6.45, 7) is 2.14. The van der Waals surface area contributed by atoms with Gasteiger partial charge in [0.15, 0.2) is 17.3 Å². The van der Waals surface area contributed by atoms with Gasteiger partial charge in [-0.15, -0.1) is 11.3 Å². The molecule has 0 bridgehead atoms. The summed E-state index contributed by atoms with van der Waals surface area (Å²) in [5, 5.41) is 3.71. The molecule has 0 aliphatic heterocycles. The van der Waals surface area contributed by atoms with Crippen molar-refractivity contribution in [1.82, 2.24) is 9.97 Å². The van der Waals surface area contributed by atoms with Crippen molar-refractivity contribution in [3.05, 3.63) is 34.5 Å². The molecule has 1 aromatic carbocycles. The number of nitrogens with zero attached hydrogens (tertiary/aromatic N) is 2. The lowest BCUT2D eigenvalue weighted by molar-refractivity contribution is 0.103. The number of amides is 1. The van der Waals surface area contributed by atoms with Gasteiger partial charge < -0.3 is 24.3 Å². The normalized spacial score (nSPS) is 14.0. The highest BCUT2D eigenvalue weighted by atomic mass is 32.1. The van der Waals surface area contributed by atoms with Gasteiger partial charge in [0, 0.05) is 18.9 Å². The fourth-order valence-corrected chi connectivity index (χ4v) is 5.01. The van der Waals surface area contributed by atoms with Gasteiger partial charge in [-0.1, -0.05) is 0 Å². The van der Waals surface area contributed by atoms with Crippen LogP contribution in [0, 0.1) is 6.92 Å². The number of methoxy groups -OCH3 is 3. The van der Waals surface area contributed by atoms with Crippen LogP contribution < -0.4 is 19.5 Å². The van der Waals surface area contributed by atoms with Gasteiger partial charge in [0.25, 0.3) is 5.91 Å². The number of carbonyl (C=O) groups excluding carboxylic acids is 1. The molecule has 1 amide bonds. The van der Waals surface area contributed by atoms with Crippen LogP contribution in [-0.2, 0) is 11.3 Å². The second kappa shape index (κ2) is 9.70. The van der Waals surface area contributed by atoms with Crippen molar-refractivity contribution in [2.24, 2.45) is 0 Å². The topological polar surface area (TPSA) is 91.8 Å². The quantitative estimate of drug-likeness (QED) is 0.522. The Bertz CT molecular complexity index is 1120. The van der Waals surface area contributed by atoms with E-state index in [1.807, 2.05) is 19.1 Å². The lowest BCUT2D eigenvalue weighted by atomic mass is 10.2. The monoisotopic (exact) mass is 457 g/mol. The average molecular weight is 458 g/mol. The standard InChI is InChI=1S/C23H27N3O5S/c1-13-19-22(30-4)25-18(12-28-2)26-23(19)32-20(13)21(27)24-14-9-10-16(29-3)17(11-14)31-15-7-5-6-8-15/h9-11,15H,5-8,12H2,1-4H3,(H,24,27). The maximum Gasteiger partial charge on any atom is 0.266 e. The number of ether oxygens (including phenoxy) is 4. The van der Waals surface area contributed by atoms with E-state index in [1.54, 1.807) is 27.4 Å². The molecule has 32 heavy (non-hydrogen) atoms. The minimum Gasteiger partial charge on any atom is -0.493 e. The molecule has 0 atom stereocenters. The molecule has 1 saturated carbocycles. The Morgan fingerprint density at radius 1 is 1.12 bits per heavy atom. The van der Waals surface area contributed by atoms with Crippen molar-refractivity contribution >= 4 is 33.1 Å². The van der Waals surface area contributed by atoms with Crippen LogP contribution in [-0.4, -0.2) is 43.3 Å². The van der Waals surface area contributed by atoms with Gasteiger partial charge in [0.2, 0.25) is 5.88 Å². The van der Waals surface area contributed by atoms with Crippen LogP contribution in [0.25, 0.3) is 10.2 Å². The molecule has 170 valence electrons. The van der Waals surface area contributed by atoms with Gasteiger partial charge >= 0.3 is 0 Å². The molecule has 1 fully saturated rings. The molecule has 0 unspecified atom stereocenters. The zero-order chi connectivity index (χ0) is 22.7. The number of anilines is 1. The predicted octanol–water partition coefficient (Wildman–Crippen LogP) is 4.74. The fraction of sp³-hybridized carbons (Fsp3) is 0.435. The number of aryl methyl sites for hydroxylation is 1. The summed E-state index contributed by atoms with van der Waals surface area (Å²) in [6, 6.07) is 5.43. The zero-order valence-electron chi connectivity index (χ0n) is 18.7. The number of fused-ring (bicyclic) bond motifs is 1. The van der Waals surface area contributed by atoms with E-state index in [0.717, 1.165) is 23.8 Å². The summed E-state index contributed by atoms with van der Waals surface area (Å²) < 4.78 is 22.2. The summed E-state index contributed by atoms with van der Waals surface area (Å²) in [5.41, 5.74) is 1.41. The summed E-state index contributed by atoms with van der Waals surface area (Å²) in [4.78, 5) is 23.3. The van der Waals surface area contributed by atoms with Crippen LogP contribution in [0.15, 0.2) is 18.2 Å². The number of nitrogens with one attached hydrogen (secondary N) is 1. The first-order valence-corrected chi connectivity index (χ1v) is 11.3. The maximum absolute atomic E-state index is 13.1. The third-order valence-corrected chi connectivity index (χ3v) is 6.68. The lowest BCUT2D eigenvalue weighted by Crippen LogP contribution is -2.14. The molecule has 1 N–H and O–H groups in total. The highest BCUT2D eigenvalue weighted by Crippen LogP contribution is 2.37. The molecule has 1 aliphatic rings. The SMILES string of the molecule is COCc1nc(OC)c2c(C)c(C(=O)Nc3ccc(OC)c(OC4CCCC4)c3)sc2n1. The zero-order valence-corrected chi connectivity index (χ0v) is 19.5. The molecule has 0 saturated heterocycles. The molecular weight excluding hydrogens is 430 g/mol. The molecule has 0 radical (unpaired) electrons. The molecule has 1 aliphatic carbocycles. The molecular formula is C23H27N3O5S. The Labute approximate surface area is 190 Å². The number of hydrogen-bond donors (Lipinski definition) is 1. The van der Waals surface area contributed by atoms with Gasteiger partial charge in [-0.3, -0.25) is 4.79 Å². The van der Waals surface area contributed by atoms with E-state index < -0.39 is 0 Å². The van der Waals surface area contributed by atoms with Gasteiger partial charge in [-0.05, 0) is 50.3 Å². The van der Waals surface area contributed by atoms with Crippen LogP contribution >= 0.6 is 11.3 Å². The first-order chi connectivity index (χ1) is 15.5. The molecule has 0 spiro atoms. The highest BCUT2D eigenvalue weighted by molar-refractivity contribution is 7.20. The van der Waals surface area contributed by atoms with Crippen molar-refractivity contribution in [3.63, 3.8) is 0 Å². The number of hydrogen-bond acceptors (Lipinski definition) is 8. The number of carbonyl (C=O) groups is 1. The molecule has 3 aromatic rings. The fourth-order valence-electron chi connectivity index (χ4n) is 3.92. The second-order valence-corrected chi connectivity index (χ2v) is 8.66. The van der Waals surface area contributed by atoms with E-state index in [9.17, 15) is 4.79 Å². The summed E-state index contributed by atoms with van der Waals surface area (Å²) >= 11 is 1.30. The van der Waals surface area contributed by atoms with Crippen LogP contribution in [0.4, 0.5) is 5.69 Å². The van der Waals surface area contributed by atoms with Crippen molar-refractivity contribution in [2.75, 3.05) is 26.6 Å². The van der Waals surface area contributed by atoms with Crippen LogP contribution in [0.5, 0.6) is 17.4 Å². The van der Waals surface area contributed by atoms with E-state index in [4.69, 9.17) is 18.9 Å². The van der Waals surface area contributed by atoms with Gasteiger partial charge in [-0.2, -0.15) is 4.98 Å². The molecule has 8 nitrogen and oxygen atoms in total. The van der Waals surface area contributed by atoms with Crippen LogP contribution in [0.1, 0.15) is 46.7 Å². The van der Waals surface area contributed by atoms with Gasteiger partial charge in [0.1, 0.15) is 11.4 Å². The average Bonchev–Trinajstić information content (AvgIpc) is 3.41.